The van der Waals surface area contributed by atoms with Gasteiger partial charge in [0.25, 0.3) is 5.56 Å². The lowest BCUT2D eigenvalue weighted by Crippen LogP contribution is -2.30. The standard InChI is InChI=1S/C20H22ClN3O3/c1-5-13(11-26-3)24-19-18(23-12(2)20(24)25)16(8-9-22-19)15-7-6-14(27-4)10-17(15)21/h6-10,13H,5,11H2,1-4H3. The van der Waals surface area contributed by atoms with E-state index in [1.807, 2.05) is 25.1 Å². The number of rotatable bonds is 6. The van der Waals surface area contributed by atoms with Crippen LogP contribution in [0.15, 0.2) is 35.3 Å². The number of hydrogen-bond donors (Lipinski definition) is 0. The molecule has 0 aliphatic rings. The molecule has 1 unspecified atom stereocenters. The molecule has 142 valence electrons. The van der Waals surface area contributed by atoms with E-state index >= 15 is 0 Å². The van der Waals surface area contributed by atoms with Gasteiger partial charge in [-0.1, -0.05) is 18.5 Å². The Balaban J connectivity index is 2.32. The molecular formula is C20H22ClN3O3. The number of hydrogen-bond acceptors (Lipinski definition) is 5. The molecule has 7 heteroatoms. The van der Waals surface area contributed by atoms with Crippen molar-refractivity contribution in [3.63, 3.8) is 0 Å². The Morgan fingerprint density at radius 1 is 1.22 bits per heavy atom. The first kappa shape index (κ1) is 19.3. The van der Waals surface area contributed by atoms with Crippen LogP contribution < -0.4 is 10.3 Å². The van der Waals surface area contributed by atoms with Crippen molar-refractivity contribution in [3.05, 3.63) is 51.5 Å². The third kappa shape index (κ3) is 3.55. The molecule has 3 aromatic rings. The normalized spacial score (nSPS) is 12.3. The molecule has 0 N–H and O–H groups in total. The number of methoxy groups -OCH3 is 2. The minimum atomic E-state index is -0.156. The lowest BCUT2D eigenvalue weighted by Gasteiger charge is -2.20. The maximum atomic E-state index is 12.8. The summed E-state index contributed by atoms with van der Waals surface area (Å²) in [7, 11) is 3.22. The second kappa shape index (κ2) is 8.06. The van der Waals surface area contributed by atoms with Crippen LogP contribution >= 0.6 is 11.6 Å². The molecule has 0 amide bonds. The highest BCUT2D eigenvalue weighted by molar-refractivity contribution is 6.33. The van der Waals surface area contributed by atoms with Gasteiger partial charge in [0.05, 0.1) is 24.8 Å². The number of fused-ring (bicyclic) bond motifs is 1. The van der Waals surface area contributed by atoms with Crippen molar-refractivity contribution in [1.82, 2.24) is 14.5 Å². The van der Waals surface area contributed by atoms with Crippen LogP contribution in [-0.2, 0) is 4.74 Å². The summed E-state index contributed by atoms with van der Waals surface area (Å²) in [6, 6.07) is 7.21. The van der Waals surface area contributed by atoms with E-state index in [9.17, 15) is 4.79 Å². The smallest absolute Gasteiger partial charge is 0.273 e. The van der Waals surface area contributed by atoms with Crippen LogP contribution in [0.3, 0.4) is 0 Å². The van der Waals surface area contributed by atoms with Gasteiger partial charge in [0.15, 0.2) is 5.65 Å². The van der Waals surface area contributed by atoms with Crippen molar-refractivity contribution >= 4 is 22.8 Å². The van der Waals surface area contributed by atoms with Crippen LogP contribution in [0.25, 0.3) is 22.3 Å². The summed E-state index contributed by atoms with van der Waals surface area (Å²) >= 11 is 6.48. The Morgan fingerprint density at radius 2 is 2.00 bits per heavy atom. The second-order valence-corrected chi connectivity index (χ2v) is 6.67. The summed E-state index contributed by atoms with van der Waals surface area (Å²) in [5.41, 5.74) is 3.04. The molecular weight excluding hydrogens is 366 g/mol. The number of pyridine rings is 1. The van der Waals surface area contributed by atoms with E-state index in [2.05, 4.69) is 9.97 Å². The van der Waals surface area contributed by atoms with Gasteiger partial charge in [0, 0.05) is 24.4 Å². The van der Waals surface area contributed by atoms with Crippen LogP contribution in [-0.4, -0.2) is 35.4 Å². The number of aryl methyl sites for hydroxylation is 1. The van der Waals surface area contributed by atoms with E-state index in [0.29, 0.717) is 34.2 Å². The van der Waals surface area contributed by atoms with Gasteiger partial charge in [-0.25, -0.2) is 9.97 Å². The van der Waals surface area contributed by atoms with Crippen LogP contribution in [0.2, 0.25) is 5.02 Å². The molecule has 2 aromatic heterocycles. The van der Waals surface area contributed by atoms with Crippen LogP contribution in [0.1, 0.15) is 25.1 Å². The molecule has 1 aromatic carbocycles. The maximum Gasteiger partial charge on any atom is 0.273 e. The van der Waals surface area contributed by atoms with E-state index in [-0.39, 0.29) is 11.6 Å². The summed E-state index contributed by atoms with van der Waals surface area (Å²) in [5, 5.41) is 0.544. The van der Waals surface area contributed by atoms with Gasteiger partial charge in [-0.05, 0) is 37.6 Å². The minimum absolute atomic E-state index is 0.124. The van der Waals surface area contributed by atoms with E-state index < -0.39 is 0 Å². The molecule has 0 radical (unpaired) electrons. The number of halogens is 1. The van der Waals surface area contributed by atoms with Gasteiger partial charge < -0.3 is 9.47 Å². The summed E-state index contributed by atoms with van der Waals surface area (Å²) in [4.78, 5) is 21.8. The molecule has 0 aliphatic heterocycles. The first-order valence-corrected chi connectivity index (χ1v) is 9.10. The van der Waals surface area contributed by atoms with Crippen molar-refractivity contribution in [2.75, 3.05) is 20.8 Å². The predicted octanol–water partition coefficient (Wildman–Crippen LogP) is 4.03. The quantitative estimate of drug-likeness (QED) is 0.639. The molecule has 0 saturated heterocycles. The van der Waals surface area contributed by atoms with Gasteiger partial charge in [0.1, 0.15) is 17.0 Å². The Hall–Kier alpha value is -2.44. The Bertz CT molecular complexity index is 1030. The fourth-order valence-electron chi connectivity index (χ4n) is 3.18. The lowest BCUT2D eigenvalue weighted by molar-refractivity contribution is 0.153. The van der Waals surface area contributed by atoms with Crippen LogP contribution in [0.4, 0.5) is 0 Å². The molecule has 0 bridgehead atoms. The zero-order chi connectivity index (χ0) is 19.6. The number of benzene rings is 1. The summed E-state index contributed by atoms with van der Waals surface area (Å²) in [6.45, 7) is 4.15. The van der Waals surface area contributed by atoms with E-state index in [4.69, 9.17) is 21.1 Å². The van der Waals surface area contributed by atoms with Gasteiger partial charge >= 0.3 is 0 Å². The Labute approximate surface area is 162 Å². The zero-order valence-corrected chi connectivity index (χ0v) is 16.6. The molecule has 27 heavy (non-hydrogen) atoms. The van der Waals surface area contributed by atoms with Crippen LogP contribution in [0.5, 0.6) is 5.75 Å². The van der Waals surface area contributed by atoms with Crippen LogP contribution in [0, 0.1) is 6.92 Å². The highest BCUT2D eigenvalue weighted by Gasteiger charge is 2.20. The van der Waals surface area contributed by atoms with Crippen molar-refractivity contribution in [1.29, 1.82) is 0 Å². The largest absolute Gasteiger partial charge is 0.497 e. The maximum absolute atomic E-state index is 12.8. The van der Waals surface area contributed by atoms with Crippen molar-refractivity contribution in [2.45, 2.75) is 26.3 Å². The van der Waals surface area contributed by atoms with E-state index in [1.165, 1.54) is 0 Å². The van der Waals surface area contributed by atoms with Crippen molar-refractivity contribution in [3.8, 4) is 16.9 Å². The molecule has 0 fully saturated rings. The molecule has 0 aliphatic carbocycles. The average Bonchev–Trinajstić information content (AvgIpc) is 2.67. The molecule has 0 spiro atoms. The van der Waals surface area contributed by atoms with E-state index in [0.717, 1.165) is 17.5 Å². The summed E-state index contributed by atoms with van der Waals surface area (Å²) in [6.07, 6.45) is 2.41. The van der Waals surface area contributed by atoms with Gasteiger partial charge in [-0.2, -0.15) is 0 Å². The highest BCUT2D eigenvalue weighted by atomic mass is 35.5. The Kier molecular flexibility index (Phi) is 5.77. The first-order valence-electron chi connectivity index (χ1n) is 8.72. The predicted molar refractivity (Wildman–Crippen MR) is 107 cm³/mol. The molecule has 0 saturated carbocycles. The van der Waals surface area contributed by atoms with Crippen molar-refractivity contribution in [2.24, 2.45) is 0 Å². The Morgan fingerprint density at radius 3 is 2.63 bits per heavy atom. The minimum Gasteiger partial charge on any atom is -0.497 e. The fraction of sp³-hybridized carbons (Fsp3) is 0.350. The molecule has 1 atom stereocenters. The second-order valence-electron chi connectivity index (χ2n) is 6.27. The number of ether oxygens (including phenoxy) is 2. The summed E-state index contributed by atoms with van der Waals surface area (Å²) in [5.74, 6) is 0.675. The third-order valence-electron chi connectivity index (χ3n) is 4.60. The lowest BCUT2D eigenvalue weighted by atomic mass is 10.0. The number of nitrogens with zero attached hydrogens (tertiary/aromatic N) is 3. The molecule has 3 rings (SSSR count). The first-order chi connectivity index (χ1) is 13.0. The van der Waals surface area contributed by atoms with E-state index in [1.54, 1.807) is 38.0 Å². The molecule has 6 nitrogen and oxygen atoms in total. The van der Waals surface area contributed by atoms with Gasteiger partial charge in [-0.3, -0.25) is 9.36 Å². The van der Waals surface area contributed by atoms with Crippen molar-refractivity contribution < 1.29 is 9.47 Å². The SMILES string of the molecule is CCC(COC)n1c(=O)c(C)nc2c(-c3ccc(OC)cc3Cl)ccnc21. The number of aromatic nitrogens is 3. The topological polar surface area (TPSA) is 66.2 Å². The van der Waals surface area contributed by atoms with Gasteiger partial charge in [-0.15, -0.1) is 0 Å². The average molecular weight is 388 g/mol. The zero-order valence-electron chi connectivity index (χ0n) is 15.8. The highest BCUT2D eigenvalue weighted by Crippen LogP contribution is 2.34. The van der Waals surface area contributed by atoms with Gasteiger partial charge in [0.2, 0.25) is 0 Å². The fourth-order valence-corrected chi connectivity index (χ4v) is 3.45. The summed E-state index contributed by atoms with van der Waals surface area (Å²) < 4.78 is 12.2. The monoisotopic (exact) mass is 387 g/mol. The third-order valence-corrected chi connectivity index (χ3v) is 4.92. The molecule has 2 heterocycles.